The number of halogens is 2. The molecule has 0 N–H and O–H groups in total. The van der Waals surface area contributed by atoms with E-state index in [1.165, 1.54) is 17.1 Å². The average Bonchev–Trinajstić information content (AvgIpc) is 2.95. The fourth-order valence-corrected chi connectivity index (χ4v) is 3.76. The number of benzene rings is 2. The number of rotatable bonds is 4. The van der Waals surface area contributed by atoms with Crippen LogP contribution in [-0.4, -0.2) is 48.0 Å². The molecule has 146 valence electrons. The van der Waals surface area contributed by atoms with Gasteiger partial charge in [-0.25, -0.2) is 0 Å². The summed E-state index contributed by atoms with van der Waals surface area (Å²) in [6.45, 7) is 0.144. The molecule has 2 aliphatic rings. The third kappa shape index (κ3) is 3.69. The van der Waals surface area contributed by atoms with Gasteiger partial charge in [-0.2, -0.15) is 0 Å². The summed E-state index contributed by atoms with van der Waals surface area (Å²) in [7, 11) is 0. The van der Waals surface area contributed by atoms with Crippen LogP contribution in [0, 0.1) is 0 Å². The summed E-state index contributed by atoms with van der Waals surface area (Å²) >= 11 is 12.6. The van der Waals surface area contributed by atoms with Crippen LogP contribution in [-0.2, 0) is 14.4 Å². The molecule has 0 saturated heterocycles. The second-order valence-electron chi connectivity index (χ2n) is 6.51. The van der Waals surface area contributed by atoms with Crippen molar-refractivity contribution in [2.45, 2.75) is 0 Å². The summed E-state index contributed by atoms with van der Waals surface area (Å²) < 4.78 is 0. The minimum absolute atomic E-state index is 0.0832. The topological polar surface area (TPSA) is 70.1 Å². The van der Waals surface area contributed by atoms with Gasteiger partial charge in [0, 0.05) is 46.4 Å². The number of imide groups is 1. The first-order chi connectivity index (χ1) is 14.0. The first-order valence-corrected chi connectivity index (χ1v) is 9.64. The Morgan fingerprint density at radius 1 is 0.862 bits per heavy atom. The Morgan fingerprint density at radius 2 is 1.55 bits per heavy atom. The van der Waals surface area contributed by atoms with Crippen LogP contribution in [0.25, 0.3) is 0 Å². The van der Waals surface area contributed by atoms with Crippen LogP contribution in [0.4, 0.5) is 5.69 Å². The first-order valence-electron chi connectivity index (χ1n) is 8.89. The molecule has 0 radical (unpaired) electrons. The number of carbonyl (C=O) groups is 3. The maximum atomic E-state index is 12.8. The van der Waals surface area contributed by atoms with Gasteiger partial charge in [0.1, 0.15) is 6.54 Å². The Balaban J connectivity index is 1.72. The third-order valence-corrected chi connectivity index (χ3v) is 5.32. The normalized spacial score (nSPS) is 16.2. The Labute approximate surface area is 177 Å². The van der Waals surface area contributed by atoms with Gasteiger partial charge in [0.05, 0.1) is 11.4 Å². The van der Waals surface area contributed by atoms with E-state index in [2.05, 4.69) is 4.99 Å². The van der Waals surface area contributed by atoms with Crippen LogP contribution >= 0.6 is 23.2 Å². The van der Waals surface area contributed by atoms with Crippen molar-refractivity contribution >= 4 is 52.3 Å². The van der Waals surface area contributed by atoms with Crippen molar-refractivity contribution in [2.75, 3.05) is 24.5 Å². The minimum Gasteiger partial charge on any atom is -0.308 e. The number of hydrogen-bond acceptors (Lipinski definition) is 4. The lowest BCUT2D eigenvalue weighted by atomic mass is 10.00. The van der Waals surface area contributed by atoms with Crippen LogP contribution in [0.3, 0.4) is 0 Å². The Kier molecular flexibility index (Phi) is 5.22. The number of benzodiazepines with no additional fused rings is 1. The summed E-state index contributed by atoms with van der Waals surface area (Å²) in [6, 6.07) is 12.4. The van der Waals surface area contributed by atoms with Gasteiger partial charge >= 0.3 is 0 Å². The molecule has 0 saturated carbocycles. The monoisotopic (exact) mass is 427 g/mol. The van der Waals surface area contributed by atoms with Crippen LogP contribution in [0.1, 0.15) is 11.1 Å². The first kappa shape index (κ1) is 19.4. The molecule has 0 spiro atoms. The summed E-state index contributed by atoms with van der Waals surface area (Å²) in [5.74, 6) is -1.02. The van der Waals surface area contributed by atoms with Gasteiger partial charge < -0.3 is 4.90 Å². The van der Waals surface area contributed by atoms with Crippen molar-refractivity contribution in [1.82, 2.24) is 4.90 Å². The zero-order valence-electron chi connectivity index (χ0n) is 15.1. The van der Waals surface area contributed by atoms with Gasteiger partial charge in [0.2, 0.25) is 5.91 Å². The van der Waals surface area contributed by atoms with Crippen molar-refractivity contribution in [3.05, 3.63) is 75.8 Å². The molecule has 0 aliphatic carbocycles. The molecule has 2 aliphatic heterocycles. The summed E-state index contributed by atoms with van der Waals surface area (Å²) in [4.78, 5) is 43.6. The summed E-state index contributed by atoms with van der Waals surface area (Å²) in [5, 5.41) is 1.00. The SMILES string of the molecule is O=C1C=CC(=O)N1CCN1C(=O)CN=C(c2ccccc2Cl)c2cc(Cl)ccc21. The number of hydrogen-bond donors (Lipinski definition) is 0. The third-order valence-electron chi connectivity index (χ3n) is 4.75. The van der Waals surface area contributed by atoms with Gasteiger partial charge in [-0.3, -0.25) is 24.3 Å². The standard InChI is InChI=1S/C21H15Cl2N3O3/c22-13-5-6-17-15(11-13)21(14-3-1-2-4-16(14)23)24-12-20(29)25(17)9-10-26-18(27)7-8-19(26)28/h1-8,11H,9-10,12H2. The Morgan fingerprint density at radius 3 is 2.28 bits per heavy atom. The van der Waals surface area contributed by atoms with Gasteiger partial charge in [0.25, 0.3) is 11.8 Å². The maximum Gasteiger partial charge on any atom is 0.253 e. The van der Waals surface area contributed by atoms with E-state index in [-0.39, 0.29) is 37.4 Å². The Hall–Kier alpha value is -2.96. The van der Waals surface area contributed by atoms with Gasteiger partial charge in [0.15, 0.2) is 0 Å². The van der Waals surface area contributed by atoms with Gasteiger partial charge in [-0.05, 0) is 24.3 Å². The molecule has 0 bridgehead atoms. The highest BCUT2D eigenvalue weighted by Crippen LogP contribution is 2.31. The number of nitrogens with zero attached hydrogens (tertiary/aromatic N) is 3. The average molecular weight is 428 g/mol. The van der Waals surface area contributed by atoms with Crippen molar-refractivity contribution in [2.24, 2.45) is 4.99 Å². The van der Waals surface area contributed by atoms with Crippen molar-refractivity contribution in [3.8, 4) is 0 Å². The van der Waals surface area contributed by atoms with Crippen LogP contribution in [0.5, 0.6) is 0 Å². The second-order valence-corrected chi connectivity index (χ2v) is 7.36. The molecular weight excluding hydrogens is 413 g/mol. The zero-order valence-corrected chi connectivity index (χ0v) is 16.7. The van der Waals surface area contributed by atoms with Crippen LogP contribution < -0.4 is 4.90 Å². The van der Waals surface area contributed by atoms with Crippen molar-refractivity contribution in [1.29, 1.82) is 0 Å². The van der Waals surface area contributed by atoms with Crippen LogP contribution in [0.2, 0.25) is 10.0 Å². The number of amides is 3. The van der Waals surface area contributed by atoms with E-state index in [0.717, 1.165) is 4.90 Å². The predicted molar refractivity (Wildman–Crippen MR) is 112 cm³/mol. The molecule has 0 fully saturated rings. The van der Waals surface area contributed by atoms with E-state index in [9.17, 15) is 14.4 Å². The number of carbonyl (C=O) groups excluding carboxylic acids is 3. The van der Waals surface area contributed by atoms with E-state index in [4.69, 9.17) is 23.2 Å². The molecule has 2 aromatic carbocycles. The van der Waals surface area contributed by atoms with E-state index in [1.807, 2.05) is 18.2 Å². The molecule has 0 atom stereocenters. The molecule has 0 unspecified atom stereocenters. The quantitative estimate of drug-likeness (QED) is 0.703. The lowest BCUT2D eigenvalue weighted by molar-refractivity contribution is -0.136. The highest BCUT2D eigenvalue weighted by atomic mass is 35.5. The number of aliphatic imine (C=N–C) groups is 1. The van der Waals surface area contributed by atoms with Crippen molar-refractivity contribution in [3.63, 3.8) is 0 Å². The fourth-order valence-electron chi connectivity index (χ4n) is 3.37. The number of fused-ring (bicyclic) bond motifs is 1. The largest absolute Gasteiger partial charge is 0.308 e. The lowest BCUT2D eigenvalue weighted by Gasteiger charge is -2.25. The van der Waals surface area contributed by atoms with Gasteiger partial charge in [-0.1, -0.05) is 41.4 Å². The predicted octanol–water partition coefficient (Wildman–Crippen LogP) is 3.10. The zero-order chi connectivity index (χ0) is 20.5. The lowest BCUT2D eigenvalue weighted by Crippen LogP contribution is -2.41. The van der Waals surface area contributed by atoms with Crippen LogP contribution in [0.15, 0.2) is 59.6 Å². The highest BCUT2D eigenvalue weighted by molar-refractivity contribution is 6.37. The second kappa shape index (κ2) is 7.81. The summed E-state index contributed by atoms with van der Waals surface area (Å²) in [5.41, 5.74) is 2.52. The molecule has 29 heavy (non-hydrogen) atoms. The maximum absolute atomic E-state index is 12.8. The molecule has 0 aromatic heterocycles. The molecule has 4 rings (SSSR count). The van der Waals surface area contributed by atoms with E-state index in [1.54, 1.807) is 24.3 Å². The Bertz CT molecular complexity index is 1080. The van der Waals surface area contributed by atoms with E-state index >= 15 is 0 Å². The molecule has 8 heteroatoms. The molecule has 6 nitrogen and oxygen atoms in total. The fraction of sp³-hybridized carbons (Fsp3) is 0.143. The molecule has 2 heterocycles. The van der Waals surface area contributed by atoms with Crippen molar-refractivity contribution < 1.29 is 14.4 Å². The molecular formula is C21H15Cl2N3O3. The van der Waals surface area contributed by atoms with E-state index in [0.29, 0.717) is 32.6 Å². The minimum atomic E-state index is -0.387. The smallest absolute Gasteiger partial charge is 0.253 e. The molecule has 3 amide bonds. The number of anilines is 1. The van der Waals surface area contributed by atoms with Gasteiger partial charge in [-0.15, -0.1) is 0 Å². The highest BCUT2D eigenvalue weighted by Gasteiger charge is 2.29. The van der Waals surface area contributed by atoms with E-state index < -0.39 is 0 Å². The summed E-state index contributed by atoms with van der Waals surface area (Å²) in [6.07, 6.45) is 2.44. The molecule has 2 aromatic rings.